The van der Waals surface area contributed by atoms with Gasteiger partial charge in [-0.15, -0.1) is 0 Å². The summed E-state index contributed by atoms with van der Waals surface area (Å²) in [6.45, 7) is 0.438. The summed E-state index contributed by atoms with van der Waals surface area (Å²) in [6.07, 6.45) is 1.53. The Bertz CT molecular complexity index is 918. The molecule has 1 saturated carbocycles. The number of carbonyl (C=O) groups is 3. The van der Waals surface area contributed by atoms with Gasteiger partial charge in [0.25, 0.3) is 11.8 Å². The standard InChI is InChI=1S/C22H22N2O4/c1-23-20(25)15-8-6-14(7-9-15)13-24(17-10-11-17)21(26)19-12-16-4-2-3-5-18(16)22(27)28-19/h2-9,17,19H,10-13H2,1H3,(H,23,25). The second-order valence-electron chi connectivity index (χ2n) is 7.23. The number of fused-ring (bicyclic) bond motifs is 1. The molecule has 2 aromatic carbocycles. The highest BCUT2D eigenvalue weighted by Gasteiger charge is 2.39. The Morgan fingerprint density at radius 3 is 2.50 bits per heavy atom. The number of amides is 2. The van der Waals surface area contributed by atoms with Crippen molar-refractivity contribution >= 4 is 17.8 Å². The fourth-order valence-corrected chi connectivity index (χ4v) is 3.53. The number of nitrogens with zero attached hydrogens (tertiary/aromatic N) is 1. The predicted molar refractivity (Wildman–Crippen MR) is 103 cm³/mol. The van der Waals surface area contributed by atoms with Crippen molar-refractivity contribution in [2.24, 2.45) is 0 Å². The van der Waals surface area contributed by atoms with E-state index in [0.29, 0.717) is 24.1 Å². The Labute approximate surface area is 163 Å². The Morgan fingerprint density at radius 1 is 1.11 bits per heavy atom. The molecule has 1 aliphatic heterocycles. The molecule has 0 spiro atoms. The van der Waals surface area contributed by atoms with E-state index in [9.17, 15) is 14.4 Å². The van der Waals surface area contributed by atoms with Crippen molar-refractivity contribution in [3.05, 3.63) is 70.8 Å². The lowest BCUT2D eigenvalue weighted by Crippen LogP contribution is -2.45. The summed E-state index contributed by atoms with van der Waals surface area (Å²) in [5, 5.41) is 2.59. The van der Waals surface area contributed by atoms with Crippen LogP contribution in [0, 0.1) is 0 Å². The van der Waals surface area contributed by atoms with Gasteiger partial charge in [0.2, 0.25) is 0 Å². The molecule has 6 heteroatoms. The van der Waals surface area contributed by atoms with Gasteiger partial charge in [0, 0.05) is 31.6 Å². The number of esters is 1. The first-order valence-electron chi connectivity index (χ1n) is 9.47. The number of rotatable bonds is 5. The first kappa shape index (κ1) is 18.2. The Morgan fingerprint density at radius 2 is 1.82 bits per heavy atom. The zero-order valence-corrected chi connectivity index (χ0v) is 15.7. The summed E-state index contributed by atoms with van der Waals surface area (Å²) in [4.78, 5) is 38.9. The van der Waals surface area contributed by atoms with Crippen LogP contribution in [-0.2, 0) is 22.5 Å². The van der Waals surface area contributed by atoms with Gasteiger partial charge >= 0.3 is 5.97 Å². The van der Waals surface area contributed by atoms with Crippen molar-refractivity contribution in [3.8, 4) is 0 Å². The van der Waals surface area contributed by atoms with Crippen molar-refractivity contribution in [2.45, 2.75) is 38.0 Å². The van der Waals surface area contributed by atoms with Gasteiger partial charge in [-0.25, -0.2) is 4.79 Å². The maximum Gasteiger partial charge on any atom is 0.339 e. The minimum absolute atomic E-state index is 0.144. The summed E-state index contributed by atoms with van der Waals surface area (Å²) in [5.41, 5.74) is 2.90. The van der Waals surface area contributed by atoms with Crippen molar-refractivity contribution in [1.29, 1.82) is 0 Å². The highest BCUT2D eigenvalue weighted by molar-refractivity contribution is 5.96. The highest BCUT2D eigenvalue weighted by Crippen LogP contribution is 2.31. The molecular formula is C22H22N2O4. The molecule has 0 aromatic heterocycles. The van der Waals surface area contributed by atoms with Gasteiger partial charge in [-0.05, 0) is 42.2 Å². The summed E-state index contributed by atoms with van der Waals surface area (Å²) in [6, 6.07) is 14.7. The molecule has 1 heterocycles. The monoisotopic (exact) mass is 378 g/mol. The molecule has 6 nitrogen and oxygen atoms in total. The van der Waals surface area contributed by atoms with Crippen LogP contribution >= 0.6 is 0 Å². The maximum absolute atomic E-state index is 13.1. The molecule has 2 aliphatic rings. The number of nitrogens with one attached hydrogen (secondary N) is 1. The Hall–Kier alpha value is -3.15. The molecule has 144 valence electrons. The number of hydrogen-bond acceptors (Lipinski definition) is 4. The average molecular weight is 378 g/mol. The van der Waals surface area contributed by atoms with Gasteiger partial charge in [0.1, 0.15) is 0 Å². The van der Waals surface area contributed by atoms with Crippen molar-refractivity contribution in [3.63, 3.8) is 0 Å². The van der Waals surface area contributed by atoms with Gasteiger partial charge in [-0.3, -0.25) is 9.59 Å². The summed E-state index contributed by atoms with van der Waals surface area (Å²) in [5.74, 6) is -0.735. The maximum atomic E-state index is 13.1. The predicted octanol–water partition coefficient (Wildman–Crippen LogP) is 2.32. The van der Waals surface area contributed by atoms with E-state index in [-0.39, 0.29) is 17.9 Å². The van der Waals surface area contributed by atoms with Crippen LogP contribution in [0.1, 0.15) is 44.7 Å². The summed E-state index contributed by atoms with van der Waals surface area (Å²) >= 11 is 0. The van der Waals surface area contributed by atoms with Gasteiger partial charge in [-0.2, -0.15) is 0 Å². The molecule has 1 fully saturated rings. The van der Waals surface area contributed by atoms with Crippen molar-refractivity contribution in [2.75, 3.05) is 7.05 Å². The molecule has 0 radical (unpaired) electrons. The SMILES string of the molecule is CNC(=O)c1ccc(CN(C(=O)C2Cc3ccccc3C(=O)O2)C2CC2)cc1. The van der Waals surface area contributed by atoms with Crippen LogP contribution in [-0.4, -0.2) is 41.9 Å². The number of cyclic esters (lactones) is 1. The van der Waals surface area contributed by atoms with E-state index < -0.39 is 12.1 Å². The topological polar surface area (TPSA) is 75.7 Å². The highest BCUT2D eigenvalue weighted by atomic mass is 16.5. The smallest absolute Gasteiger partial charge is 0.339 e. The lowest BCUT2D eigenvalue weighted by molar-refractivity contribution is -0.142. The molecule has 1 aliphatic carbocycles. The quantitative estimate of drug-likeness (QED) is 0.810. The van der Waals surface area contributed by atoms with E-state index in [4.69, 9.17) is 4.74 Å². The number of benzene rings is 2. The fraction of sp³-hybridized carbons (Fsp3) is 0.318. The third-order valence-corrected chi connectivity index (χ3v) is 5.23. The van der Waals surface area contributed by atoms with Gasteiger partial charge < -0.3 is 15.0 Å². The van der Waals surface area contributed by atoms with Crippen LogP contribution in [0.3, 0.4) is 0 Å². The van der Waals surface area contributed by atoms with E-state index >= 15 is 0 Å². The van der Waals surface area contributed by atoms with Gasteiger partial charge in [0.15, 0.2) is 6.10 Å². The number of hydrogen-bond donors (Lipinski definition) is 1. The van der Waals surface area contributed by atoms with E-state index in [2.05, 4.69) is 5.32 Å². The fourth-order valence-electron chi connectivity index (χ4n) is 3.53. The van der Waals surface area contributed by atoms with Gasteiger partial charge in [0.05, 0.1) is 5.56 Å². The molecule has 28 heavy (non-hydrogen) atoms. The average Bonchev–Trinajstić information content (AvgIpc) is 3.56. The van der Waals surface area contributed by atoms with E-state index in [0.717, 1.165) is 24.0 Å². The molecule has 0 saturated heterocycles. The van der Waals surface area contributed by atoms with Gasteiger partial charge in [-0.1, -0.05) is 30.3 Å². The molecule has 4 rings (SSSR count). The lowest BCUT2D eigenvalue weighted by atomic mass is 9.98. The van der Waals surface area contributed by atoms with E-state index in [1.165, 1.54) is 0 Å². The summed E-state index contributed by atoms with van der Waals surface area (Å²) < 4.78 is 5.45. The van der Waals surface area contributed by atoms with E-state index in [1.807, 2.05) is 24.3 Å². The lowest BCUT2D eigenvalue weighted by Gasteiger charge is -2.30. The summed E-state index contributed by atoms with van der Waals surface area (Å²) in [7, 11) is 1.59. The molecule has 0 bridgehead atoms. The van der Waals surface area contributed by atoms with Crippen LogP contribution in [0.2, 0.25) is 0 Å². The molecule has 1 N–H and O–H groups in total. The second kappa shape index (κ2) is 7.46. The molecule has 2 amide bonds. The van der Waals surface area contributed by atoms with Crippen LogP contribution in [0.15, 0.2) is 48.5 Å². The van der Waals surface area contributed by atoms with Crippen LogP contribution in [0.4, 0.5) is 0 Å². The van der Waals surface area contributed by atoms with Crippen LogP contribution < -0.4 is 5.32 Å². The molecule has 1 atom stereocenters. The van der Waals surface area contributed by atoms with Crippen molar-refractivity contribution < 1.29 is 19.1 Å². The minimum Gasteiger partial charge on any atom is -0.448 e. The zero-order chi connectivity index (χ0) is 19.7. The third kappa shape index (κ3) is 3.63. The zero-order valence-electron chi connectivity index (χ0n) is 15.7. The van der Waals surface area contributed by atoms with Crippen LogP contribution in [0.25, 0.3) is 0 Å². The molecule has 1 unspecified atom stereocenters. The van der Waals surface area contributed by atoms with Crippen molar-refractivity contribution in [1.82, 2.24) is 10.2 Å². The van der Waals surface area contributed by atoms with Crippen LogP contribution in [0.5, 0.6) is 0 Å². The molecular weight excluding hydrogens is 356 g/mol. The first-order chi connectivity index (χ1) is 13.6. The molecule has 2 aromatic rings. The Kier molecular flexibility index (Phi) is 4.86. The second-order valence-corrected chi connectivity index (χ2v) is 7.23. The Balaban J connectivity index is 1.50. The van der Waals surface area contributed by atoms with E-state index in [1.54, 1.807) is 36.2 Å². The largest absolute Gasteiger partial charge is 0.448 e. The number of carbonyl (C=O) groups excluding carboxylic acids is 3. The normalized spacial score (nSPS) is 18.0. The first-order valence-corrected chi connectivity index (χ1v) is 9.47. The third-order valence-electron chi connectivity index (χ3n) is 5.23. The number of ether oxygens (including phenoxy) is 1. The minimum atomic E-state index is -0.784.